The van der Waals surface area contributed by atoms with E-state index in [1.807, 2.05) is 24.3 Å². The quantitative estimate of drug-likeness (QED) is 0.193. The molecule has 0 unspecified atom stereocenters. The summed E-state index contributed by atoms with van der Waals surface area (Å²) in [5.41, 5.74) is 14.0. The fourth-order valence-corrected chi connectivity index (χ4v) is 2.61. The summed E-state index contributed by atoms with van der Waals surface area (Å²) < 4.78 is 0. The lowest BCUT2D eigenvalue weighted by atomic mass is 9.98. The smallest absolute Gasteiger partial charge is 0.336 e. The lowest BCUT2D eigenvalue weighted by Crippen LogP contribution is -2.10. The highest BCUT2D eigenvalue weighted by Crippen LogP contribution is 2.24. The molecule has 124 valence electrons. The zero-order chi connectivity index (χ0) is 18.0. The van der Waals surface area contributed by atoms with Crippen molar-refractivity contribution in [2.75, 3.05) is 5.73 Å². The standard InChI is InChI=1S/C20H17N3O2/c21-17-7-1-12(2-8-17)9-18(20(24)25)15-5-3-14-11-16(19(22)23)6-4-13(14)10-15/h1-11H,21H2,(H3,22,23)(H,24,25). The lowest BCUT2D eigenvalue weighted by Gasteiger charge is -2.07. The number of hydrogen-bond acceptors (Lipinski definition) is 3. The van der Waals surface area contributed by atoms with Gasteiger partial charge < -0.3 is 16.6 Å². The minimum absolute atomic E-state index is 0.000415. The Hall–Kier alpha value is -3.60. The third-order valence-electron chi connectivity index (χ3n) is 3.94. The summed E-state index contributed by atoms with van der Waals surface area (Å²) in [6.07, 6.45) is 1.62. The molecule has 0 saturated carbocycles. The Bertz CT molecular complexity index is 1010. The van der Waals surface area contributed by atoms with Crippen LogP contribution in [-0.4, -0.2) is 16.9 Å². The number of nitrogens with two attached hydrogens (primary N) is 2. The molecule has 0 bridgehead atoms. The van der Waals surface area contributed by atoms with Gasteiger partial charge >= 0.3 is 5.97 Å². The molecule has 3 aromatic carbocycles. The van der Waals surface area contributed by atoms with Crippen LogP contribution in [0.4, 0.5) is 5.69 Å². The molecule has 0 aliphatic carbocycles. The first-order valence-corrected chi connectivity index (χ1v) is 7.63. The zero-order valence-electron chi connectivity index (χ0n) is 13.4. The average molecular weight is 331 g/mol. The maximum atomic E-state index is 11.7. The molecular weight excluding hydrogens is 314 g/mol. The Morgan fingerprint density at radius 3 is 2.04 bits per heavy atom. The Balaban J connectivity index is 2.07. The number of carbonyl (C=O) groups is 1. The van der Waals surface area contributed by atoms with E-state index in [9.17, 15) is 9.90 Å². The van der Waals surface area contributed by atoms with Crippen molar-refractivity contribution in [3.8, 4) is 0 Å². The molecule has 0 saturated heterocycles. The molecule has 3 rings (SSSR count). The Morgan fingerprint density at radius 1 is 0.920 bits per heavy atom. The van der Waals surface area contributed by atoms with E-state index >= 15 is 0 Å². The van der Waals surface area contributed by atoms with E-state index in [4.69, 9.17) is 16.9 Å². The molecule has 6 N–H and O–H groups in total. The maximum absolute atomic E-state index is 11.7. The number of benzene rings is 3. The highest BCUT2D eigenvalue weighted by molar-refractivity contribution is 6.21. The van der Waals surface area contributed by atoms with Gasteiger partial charge in [0.15, 0.2) is 0 Å². The van der Waals surface area contributed by atoms with E-state index in [1.54, 1.807) is 42.5 Å². The van der Waals surface area contributed by atoms with Crippen molar-refractivity contribution in [3.05, 3.63) is 77.4 Å². The number of amidine groups is 1. The summed E-state index contributed by atoms with van der Waals surface area (Å²) >= 11 is 0. The summed E-state index contributed by atoms with van der Waals surface area (Å²) in [6.45, 7) is 0. The molecule has 5 heteroatoms. The minimum Gasteiger partial charge on any atom is -0.478 e. The van der Waals surface area contributed by atoms with Gasteiger partial charge in [-0.1, -0.05) is 36.4 Å². The van der Waals surface area contributed by atoms with Crippen LogP contribution in [0.15, 0.2) is 60.7 Å². The van der Waals surface area contributed by atoms with Crippen LogP contribution in [0.5, 0.6) is 0 Å². The molecular formula is C20H17N3O2. The highest BCUT2D eigenvalue weighted by Gasteiger charge is 2.11. The van der Waals surface area contributed by atoms with Crippen molar-refractivity contribution in [2.24, 2.45) is 5.73 Å². The number of rotatable bonds is 4. The molecule has 0 aliphatic rings. The van der Waals surface area contributed by atoms with Gasteiger partial charge in [0, 0.05) is 11.3 Å². The van der Waals surface area contributed by atoms with Crippen molar-refractivity contribution in [2.45, 2.75) is 0 Å². The van der Waals surface area contributed by atoms with E-state index in [-0.39, 0.29) is 11.4 Å². The van der Waals surface area contributed by atoms with Crippen LogP contribution in [0, 0.1) is 5.41 Å². The highest BCUT2D eigenvalue weighted by atomic mass is 16.4. The number of carboxylic acid groups (broad SMARTS) is 1. The largest absolute Gasteiger partial charge is 0.478 e. The summed E-state index contributed by atoms with van der Waals surface area (Å²) in [6, 6.07) is 17.8. The molecule has 0 spiro atoms. The molecule has 3 aromatic rings. The van der Waals surface area contributed by atoms with Crippen molar-refractivity contribution in [1.82, 2.24) is 0 Å². The summed E-state index contributed by atoms with van der Waals surface area (Å²) in [5.74, 6) is -1.00. The van der Waals surface area contributed by atoms with Crippen LogP contribution in [0.2, 0.25) is 0 Å². The van der Waals surface area contributed by atoms with Gasteiger partial charge in [-0.15, -0.1) is 0 Å². The summed E-state index contributed by atoms with van der Waals surface area (Å²) in [4.78, 5) is 11.7. The van der Waals surface area contributed by atoms with Gasteiger partial charge in [-0.25, -0.2) is 4.79 Å². The van der Waals surface area contributed by atoms with E-state index in [2.05, 4.69) is 0 Å². The fraction of sp³-hybridized carbons (Fsp3) is 0. The molecule has 5 nitrogen and oxygen atoms in total. The van der Waals surface area contributed by atoms with Crippen molar-refractivity contribution in [3.63, 3.8) is 0 Å². The molecule has 0 atom stereocenters. The van der Waals surface area contributed by atoms with Crippen molar-refractivity contribution in [1.29, 1.82) is 5.41 Å². The predicted octanol–water partition coefficient (Wildman–Crippen LogP) is 3.33. The van der Waals surface area contributed by atoms with Crippen LogP contribution < -0.4 is 11.5 Å². The number of carboxylic acids is 1. The van der Waals surface area contributed by atoms with Gasteiger partial charge in [0.25, 0.3) is 0 Å². The van der Waals surface area contributed by atoms with Gasteiger partial charge in [-0.3, -0.25) is 5.41 Å². The van der Waals surface area contributed by atoms with Gasteiger partial charge in [0.1, 0.15) is 5.84 Å². The third kappa shape index (κ3) is 3.50. The SMILES string of the molecule is N=C(N)c1ccc2cc(C(=Cc3ccc(N)cc3)C(=O)O)ccc2c1. The van der Waals surface area contributed by atoms with Crippen LogP contribution in [-0.2, 0) is 4.79 Å². The molecule has 0 aliphatic heterocycles. The van der Waals surface area contributed by atoms with Gasteiger partial charge in [-0.05, 0) is 52.2 Å². The average Bonchev–Trinajstić information content (AvgIpc) is 2.60. The number of aliphatic carboxylic acids is 1. The van der Waals surface area contributed by atoms with E-state index in [0.29, 0.717) is 16.8 Å². The van der Waals surface area contributed by atoms with E-state index in [1.165, 1.54) is 0 Å². The number of hydrogen-bond donors (Lipinski definition) is 4. The Labute approximate surface area is 144 Å². The monoisotopic (exact) mass is 331 g/mol. The third-order valence-corrected chi connectivity index (χ3v) is 3.94. The second-order valence-electron chi connectivity index (χ2n) is 5.72. The van der Waals surface area contributed by atoms with Gasteiger partial charge in [0.2, 0.25) is 0 Å². The first-order chi connectivity index (χ1) is 11.9. The Kier molecular flexibility index (Phi) is 4.22. The summed E-state index contributed by atoms with van der Waals surface area (Å²) in [5, 5.41) is 18.9. The fourth-order valence-electron chi connectivity index (χ4n) is 2.61. The first kappa shape index (κ1) is 16.3. The topological polar surface area (TPSA) is 113 Å². The van der Waals surface area contributed by atoms with Crippen molar-refractivity contribution < 1.29 is 9.90 Å². The first-order valence-electron chi connectivity index (χ1n) is 7.63. The van der Waals surface area contributed by atoms with Crippen LogP contribution in [0.25, 0.3) is 22.4 Å². The molecule has 0 heterocycles. The van der Waals surface area contributed by atoms with Gasteiger partial charge in [-0.2, -0.15) is 0 Å². The van der Waals surface area contributed by atoms with Crippen LogP contribution in [0.3, 0.4) is 0 Å². The number of nitrogen functional groups attached to an aromatic ring is 2. The van der Waals surface area contributed by atoms with Crippen molar-refractivity contribution >= 4 is 39.9 Å². The molecule has 0 amide bonds. The molecule has 0 radical (unpaired) electrons. The second-order valence-corrected chi connectivity index (χ2v) is 5.72. The maximum Gasteiger partial charge on any atom is 0.336 e. The number of fused-ring (bicyclic) bond motifs is 1. The zero-order valence-corrected chi connectivity index (χ0v) is 13.4. The number of nitrogens with one attached hydrogen (secondary N) is 1. The number of anilines is 1. The molecule has 0 aromatic heterocycles. The summed E-state index contributed by atoms with van der Waals surface area (Å²) in [7, 11) is 0. The normalized spacial score (nSPS) is 11.4. The molecule has 0 fully saturated rings. The van der Waals surface area contributed by atoms with E-state index in [0.717, 1.165) is 16.3 Å². The Morgan fingerprint density at radius 2 is 1.48 bits per heavy atom. The molecule has 25 heavy (non-hydrogen) atoms. The predicted molar refractivity (Wildman–Crippen MR) is 101 cm³/mol. The minimum atomic E-state index is -1.00. The van der Waals surface area contributed by atoms with Crippen LogP contribution in [0.1, 0.15) is 16.7 Å². The van der Waals surface area contributed by atoms with Crippen LogP contribution >= 0.6 is 0 Å². The van der Waals surface area contributed by atoms with Gasteiger partial charge in [0.05, 0.1) is 5.57 Å². The second kappa shape index (κ2) is 6.49. The lowest BCUT2D eigenvalue weighted by molar-refractivity contribution is -0.130. The van der Waals surface area contributed by atoms with E-state index < -0.39 is 5.97 Å².